The Bertz CT molecular complexity index is 515. The van der Waals surface area contributed by atoms with Gasteiger partial charge in [0.1, 0.15) is 5.75 Å². The van der Waals surface area contributed by atoms with Gasteiger partial charge in [-0.1, -0.05) is 0 Å². The van der Waals surface area contributed by atoms with Gasteiger partial charge in [0.25, 0.3) is 0 Å². The standard InChI is InChI=1S/C13H15N3O2/c1-17-10-6-4-9(5-7-10)12-15-16-13(18-12)11-3-2-8-14-11/h4-7,11,14H,2-3,8H2,1H3. The highest BCUT2D eigenvalue weighted by Gasteiger charge is 2.22. The monoisotopic (exact) mass is 245 g/mol. The first-order valence-electron chi connectivity index (χ1n) is 6.08. The average Bonchev–Trinajstić information content (AvgIpc) is 3.09. The summed E-state index contributed by atoms with van der Waals surface area (Å²) in [4.78, 5) is 0. The number of hydrogen-bond donors (Lipinski definition) is 1. The lowest BCUT2D eigenvalue weighted by atomic mass is 10.2. The lowest BCUT2D eigenvalue weighted by Crippen LogP contribution is -2.12. The molecular weight excluding hydrogens is 230 g/mol. The molecule has 1 aliphatic rings. The number of hydrogen-bond acceptors (Lipinski definition) is 5. The van der Waals surface area contributed by atoms with Gasteiger partial charge in [0.15, 0.2) is 0 Å². The minimum Gasteiger partial charge on any atom is -0.497 e. The molecule has 0 amide bonds. The van der Waals surface area contributed by atoms with Crippen LogP contribution >= 0.6 is 0 Å². The molecule has 0 spiro atoms. The third kappa shape index (κ3) is 2.09. The van der Waals surface area contributed by atoms with E-state index in [1.165, 1.54) is 0 Å². The molecule has 2 heterocycles. The molecule has 1 N–H and O–H groups in total. The van der Waals surface area contributed by atoms with Crippen LogP contribution in [-0.4, -0.2) is 23.9 Å². The van der Waals surface area contributed by atoms with Gasteiger partial charge in [0, 0.05) is 5.56 Å². The Labute approximate surface area is 105 Å². The van der Waals surface area contributed by atoms with Crippen LogP contribution in [0, 0.1) is 0 Å². The van der Waals surface area contributed by atoms with Crippen LogP contribution in [0.1, 0.15) is 24.8 Å². The molecule has 1 fully saturated rings. The van der Waals surface area contributed by atoms with Crippen LogP contribution in [0.3, 0.4) is 0 Å². The van der Waals surface area contributed by atoms with E-state index >= 15 is 0 Å². The number of benzene rings is 1. The third-order valence-electron chi connectivity index (χ3n) is 3.14. The minimum atomic E-state index is 0.212. The first-order valence-corrected chi connectivity index (χ1v) is 6.08. The van der Waals surface area contributed by atoms with Gasteiger partial charge in [0.2, 0.25) is 11.8 Å². The van der Waals surface area contributed by atoms with Gasteiger partial charge >= 0.3 is 0 Å². The molecule has 5 heteroatoms. The van der Waals surface area contributed by atoms with Crippen LogP contribution in [0.2, 0.25) is 0 Å². The zero-order valence-corrected chi connectivity index (χ0v) is 10.2. The van der Waals surface area contributed by atoms with E-state index in [0.717, 1.165) is 30.7 Å². The number of nitrogens with one attached hydrogen (secondary N) is 1. The Kier molecular flexibility index (Phi) is 2.98. The molecule has 1 saturated heterocycles. The molecule has 1 aromatic heterocycles. The molecule has 1 aliphatic heterocycles. The van der Waals surface area contributed by atoms with Crippen LogP contribution in [-0.2, 0) is 0 Å². The third-order valence-corrected chi connectivity index (χ3v) is 3.14. The molecular formula is C13H15N3O2. The van der Waals surface area contributed by atoms with Gasteiger partial charge in [-0.2, -0.15) is 0 Å². The van der Waals surface area contributed by atoms with Gasteiger partial charge in [-0.25, -0.2) is 0 Å². The van der Waals surface area contributed by atoms with E-state index in [4.69, 9.17) is 9.15 Å². The molecule has 0 bridgehead atoms. The van der Waals surface area contributed by atoms with Gasteiger partial charge < -0.3 is 14.5 Å². The number of aromatic nitrogens is 2. The van der Waals surface area contributed by atoms with E-state index in [1.54, 1.807) is 7.11 Å². The normalized spacial score (nSPS) is 19.1. The van der Waals surface area contributed by atoms with Gasteiger partial charge in [-0.3, -0.25) is 0 Å². The maximum Gasteiger partial charge on any atom is 0.247 e. The Morgan fingerprint density at radius 3 is 2.78 bits per heavy atom. The van der Waals surface area contributed by atoms with Gasteiger partial charge in [0.05, 0.1) is 13.2 Å². The van der Waals surface area contributed by atoms with Crippen molar-refractivity contribution in [2.45, 2.75) is 18.9 Å². The summed E-state index contributed by atoms with van der Waals surface area (Å²) in [5.74, 6) is 2.05. The molecule has 1 unspecified atom stereocenters. The van der Waals surface area contributed by atoms with Crippen molar-refractivity contribution in [1.29, 1.82) is 0 Å². The quantitative estimate of drug-likeness (QED) is 0.898. The summed E-state index contributed by atoms with van der Waals surface area (Å²) >= 11 is 0. The highest BCUT2D eigenvalue weighted by molar-refractivity contribution is 5.53. The van der Waals surface area contributed by atoms with E-state index < -0.39 is 0 Å². The minimum absolute atomic E-state index is 0.212. The maximum absolute atomic E-state index is 5.70. The topological polar surface area (TPSA) is 60.2 Å². The van der Waals surface area contributed by atoms with Gasteiger partial charge in [-0.15, -0.1) is 10.2 Å². The van der Waals surface area contributed by atoms with Crippen molar-refractivity contribution < 1.29 is 9.15 Å². The SMILES string of the molecule is COc1ccc(-c2nnc(C3CCCN3)o2)cc1. The molecule has 18 heavy (non-hydrogen) atoms. The first kappa shape index (κ1) is 11.2. The van der Waals surface area contributed by atoms with Gasteiger partial charge in [-0.05, 0) is 43.7 Å². The highest BCUT2D eigenvalue weighted by Crippen LogP contribution is 2.26. The summed E-state index contributed by atoms with van der Waals surface area (Å²) < 4.78 is 10.8. The average molecular weight is 245 g/mol. The van der Waals surface area contributed by atoms with E-state index in [0.29, 0.717) is 11.8 Å². The van der Waals surface area contributed by atoms with E-state index in [-0.39, 0.29) is 6.04 Å². The summed E-state index contributed by atoms with van der Waals surface area (Å²) in [6.45, 7) is 1.02. The molecule has 3 rings (SSSR count). The fourth-order valence-electron chi connectivity index (χ4n) is 2.12. The number of ether oxygens (including phenoxy) is 1. The molecule has 0 saturated carbocycles. The van der Waals surface area contributed by atoms with Crippen LogP contribution in [0.25, 0.3) is 11.5 Å². The fraction of sp³-hybridized carbons (Fsp3) is 0.385. The summed E-state index contributed by atoms with van der Waals surface area (Å²) in [6.07, 6.45) is 2.22. The summed E-state index contributed by atoms with van der Waals surface area (Å²) in [5, 5.41) is 11.5. The van der Waals surface area contributed by atoms with E-state index in [2.05, 4.69) is 15.5 Å². The largest absolute Gasteiger partial charge is 0.497 e. The second kappa shape index (κ2) is 4.78. The smallest absolute Gasteiger partial charge is 0.247 e. The molecule has 0 aliphatic carbocycles. The Hall–Kier alpha value is -1.88. The van der Waals surface area contributed by atoms with E-state index in [1.807, 2.05) is 24.3 Å². The Morgan fingerprint density at radius 2 is 2.11 bits per heavy atom. The van der Waals surface area contributed by atoms with Crippen molar-refractivity contribution in [3.05, 3.63) is 30.2 Å². The van der Waals surface area contributed by atoms with Crippen LogP contribution in [0.15, 0.2) is 28.7 Å². The first-order chi connectivity index (χ1) is 8.86. The predicted molar refractivity (Wildman–Crippen MR) is 66.3 cm³/mol. The summed E-state index contributed by atoms with van der Waals surface area (Å²) in [5.41, 5.74) is 0.910. The molecule has 1 aromatic carbocycles. The summed E-state index contributed by atoms with van der Waals surface area (Å²) in [7, 11) is 1.64. The molecule has 5 nitrogen and oxygen atoms in total. The van der Waals surface area contributed by atoms with Crippen LogP contribution in [0.4, 0.5) is 0 Å². The Morgan fingerprint density at radius 1 is 1.28 bits per heavy atom. The molecule has 2 aromatic rings. The van der Waals surface area contributed by atoms with Crippen LogP contribution < -0.4 is 10.1 Å². The molecule has 1 atom stereocenters. The van der Waals surface area contributed by atoms with Crippen molar-refractivity contribution in [3.8, 4) is 17.2 Å². The summed E-state index contributed by atoms with van der Waals surface area (Å²) in [6, 6.07) is 7.81. The van der Waals surface area contributed by atoms with Crippen molar-refractivity contribution in [3.63, 3.8) is 0 Å². The van der Waals surface area contributed by atoms with Crippen LogP contribution in [0.5, 0.6) is 5.75 Å². The second-order valence-electron chi connectivity index (χ2n) is 4.32. The molecule has 94 valence electrons. The highest BCUT2D eigenvalue weighted by atomic mass is 16.5. The zero-order chi connectivity index (χ0) is 12.4. The number of methoxy groups -OCH3 is 1. The number of nitrogens with zero attached hydrogens (tertiary/aromatic N) is 2. The predicted octanol–water partition coefficient (Wildman–Crippen LogP) is 2.17. The number of rotatable bonds is 3. The zero-order valence-electron chi connectivity index (χ0n) is 10.2. The van der Waals surface area contributed by atoms with Crippen molar-refractivity contribution in [2.24, 2.45) is 0 Å². The van der Waals surface area contributed by atoms with Crippen molar-refractivity contribution in [1.82, 2.24) is 15.5 Å². The van der Waals surface area contributed by atoms with E-state index in [9.17, 15) is 0 Å². The molecule has 0 radical (unpaired) electrons. The lowest BCUT2D eigenvalue weighted by molar-refractivity contribution is 0.414. The maximum atomic E-state index is 5.70. The fourth-order valence-corrected chi connectivity index (χ4v) is 2.12. The van der Waals surface area contributed by atoms with Crippen molar-refractivity contribution in [2.75, 3.05) is 13.7 Å². The van der Waals surface area contributed by atoms with Crippen molar-refractivity contribution >= 4 is 0 Å². The lowest BCUT2D eigenvalue weighted by Gasteiger charge is -2.02. The second-order valence-corrected chi connectivity index (χ2v) is 4.32. The Balaban J connectivity index is 1.82.